The highest BCUT2D eigenvalue weighted by Crippen LogP contribution is 2.26. The Morgan fingerprint density at radius 2 is 1.75 bits per heavy atom. The van der Waals surface area contributed by atoms with Crippen LogP contribution in [0.15, 0.2) is 48.5 Å². The average molecular weight is 383 g/mol. The molecule has 0 bridgehead atoms. The summed E-state index contributed by atoms with van der Waals surface area (Å²) in [5.41, 5.74) is 3.35. The number of rotatable bonds is 7. The number of anilines is 1. The second-order valence-electron chi connectivity index (χ2n) is 7.35. The minimum absolute atomic E-state index is 0.0227. The molecule has 1 amide bonds. The van der Waals surface area contributed by atoms with Crippen LogP contribution < -0.4 is 9.64 Å². The van der Waals surface area contributed by atoms with Gasteiger partial charge in [-0.05, 0) is 38.0 Å². The summed E-state index contributed by atoms with van der Waals surface area (Å²) in [4.78, 5) is 17.1. The fraction of sp³-hybridized carbons (Fsp3) is 0.435. The van der Waals surface area contributed by atoms with Crippen molar-refractivity contribution in [1.82, 2.24) is 4.90 Å². The molecule has 28 heavy (non-hydrogen) atoms. The number of likely N-dealkylation sites (tertiary alicyclic amines) is 1. The van der Waals surface area contributed by atoms with Crippen LogP contribution in [0.3, 0.4) is 0 Å². The third-order valence-corrected chi connectivity index (χ3v) is 5.36. The number of nitrogens with zero attached hydrogens (tertiary/aromatic N) is 2. The monoisotopic (exact) mass is 382 g/mol. The van der Waals surface area contributed by atoms with Gasteiger partial charge in [-0.2, -0.15) is 0 Å². The van der Waals surface area contributed by atoms with Crippen molar-refractivity contribution >= 4 is 11.6 Å². The van der Waals surface area contributed by atoms with Crippen LogP contribution in [0.1, 0.15) is 24.0 Å². The first-order valence-electron chi connectivity index (χ1n) is 9.84. The van der Waals surface area contributed by atoms with Crippen molar-refractivity contribution in [2.24, 2.45) is 0 Å². The van der Waals surface area contributed by atoms with E-state index in [9.17, 15) is 4.79 Å². The van der Waals surface area contributed by atoms with Gasteiger partial charge in [0.15, 0.2) is 0 Å². The first-order chi connectivity index (χ1) is 13.6. The number of carbonyl (C=O) groups is 1. The SMILES string of the molecule is COCC(=O)N(c1ccc(C)cc1)C1CCN(Cc2ccccc2OC)CC1. The summed E-state index contributed by atoms with van der Waals surface area (Å²) in [6, 6.07) is 16.5. The fourth-order valence-corrected chi connectivity index (χ4v) is 3.87. The standard InChI is InChI=1S/C23H30N2O3/c1-18-8-10-20(11-9-18)25(23(26)17-27-2)21-12-14-24(15-13-21)16-19-6-4-5-7-22(19)28-3/h4-11,21H,12-17H2,1-3H3. The van der Waals surface area contributed by atoms with Crippen molar-refractivity contribution in [1.29, 1.82) is 0 Å². The minimum Gasteiger partial charge on any atom is -0.496 e. The molecule has 0 saturated carbocycles. The number of piperidine rings is 1. The van der Waals surface area contributed by atoms with E-state index in [0.717, 1.165) is 43.9 Å². The zero-order valence-corrected chi connectivity index (χ0v) is 17.1. The molecule has 1 heterocycles. The number of benzene rings is 2. The number of carbonyl (C=O) groups excluding carboxylic acids is 1. The number of ether oxygens (including phenoxy) is 2. The molecular formula is C23H30N2O3. The third kappa shape index (κ3) is 4.91. The summed E-state index contributed by atoms with van der Waals surface area (Å²) < 4.78 is 10.6. The molecule has 1 aliphatic rings. The summed E-state index contributed by atoms with van der Waals surface area (Å²) in [6.45, 7) is 4.93. The smallest absolute Gasteiger partial charge is 0.253 e. The van der Waals surface area contributed by atoms with Gasteiger partial charge in [-0.3, -0.25) is 9.69 Å². The molecule has 0 aromatic heterocycles. The van der Waals surface area contributed by atoms with Gasteiger partial charge in [0.25, 0.3) is 5.91 Å². The summed E-state index contributed by atoms with van der Waals surface area (Å²) in [5.74, 6) is 0.954. The molecular weight excluding hydrogens is 352 g/mol. The minimum atomic E-state index is 0.0227. The Bertz CT molecular complexity index is 768. The molecule has 0 aliphatic carbocycles. The highest BCUT2D eigenvalue weighted by atomic mass is 16.5. The summed E-state index contributed by atoms with van der Waals surface area (Å²) in [7, 11) is 3.28. The maximum atomic E-state index is 12.8. The van der Waals surface area contributed by atoms with Crippen molar-refractivity contribution in [2.75, 3.05) is 38.8 Å². The lowest BCUT2D eigenvalue weighted by Gasteiger charge is -2.38. The van der Waals surface area contributed by atoms with Gasteiger partial charge in [-0.15, -0.1) is 0 Å². The van der Waals surface area contributed by atoms with Crippen LogP contribution in [0.4, 0.5) is 5.69 Å². The van der Waals surface area contributed by atoms with E-state index in [1.807, 2.05) is 35.2 Å². The number of para-hydroxylation sites is 1. The molecule has 0 N–H and O–H groups in total. The Labute approximate surface area is 167 Å². The van der Waals surface area contributed by atoms with Crippen LogP contribution in [0.25, 0.3) is 0 Å². The maximum absolute atomic E-state index is 12.8. The van der Waals surface area contributed by atoms with Crippen molar-refractivity contribution < 1.29 is 14.3 Å². The van der Waals surface area contributed by atoms with Crippen molar-refractivity contribution in [2.45, 2.75) is 32.4 Å². The quantitative estimate of drug-likeness (QED) is 0.733. The van der Waals surface area contributed by atoms with E-state index in [2.05, 4.69) is 30.0 Å². The van der Waals surface area contributed by atoms with E-state index in [1.54, 1.807) is 14.2 Å². The van der Waals surface area contributed by atoms with Crippen LogP contribution in [0.2, 0.25) is 0 Å². The predicted octanol–water partition coefficient (Wildman–Crippen LogP) is 3.65. The Morgan fingerprint density at radius 1 is 1.07 bits per heavy atom. The summed E-state index contributed by atoms with van der Waals surface area (Å²) in [6.07, 6.45) is 1.89. The van der Waals surface area contributed by atoms with Crippen LogP contribution in [-0.4, -0.2) is 50.8 Å². The molecule has 1 saturated heterocycles. The number of aryl methyl sites for hydroxylation is 1. The summed E-state index contributed by atoms with van der Waals surface area (Å²) >= 11 is 0. The van der Waals surface area contributed by atoms with E-state index >= 15 is 0 Å². The molecule has 3 rings (SSSR count). The van der Waals surface area contributed by atoms with Gasteiger partial charge in [-0.1, -0.05) is 35.9 Å². The van der Waals surface area contributed by atoms with Crippen LogP contribution >= 0.6 is 0 Å². The molecule has 5 nitrogen and oxygen atoms in total. The van der Waals surface area contributed by atoms with Crippen molar-refractivity contribution in [3.8, 4) is 5.75 Å². The molecule has 0 unspecified atom stereocenters. The number of amides is 1. The normalized spacial score (nSPS) is 15.4. The van der Waals surface area contributed by atoms with E-state index in [0.29, 0.717) is 0 Å². The maximum Gasteiger partial charge on any atom is 0.253 e. The topological polar surface area (TPSA) is 42.0 Å². The van der Waals surface area contributed by atoms with Gasteiger partial charge >= 0.3 is 0 Å². The lowest BCUT2D eigenvalue weighted by atomic mass is 10.0. The zero-order chi connectivity index (χ0) is 19.9. The molecule has 2 aromatic carbocycles. The highest BCUT2D eigenvalue weighted by Gasteiger charge is 2.29. The summed E-state index contributed by atoms with van der Waals surface area (Å²) in [5, 5.41) is 0. The Hall–Kier alpha value is -2.37. The molecule has 1 aliphatic heterocycles. The number of hydrogen-bond acceptors (Lipinski definition) is 4. The van der Waals surface area contributed by atoms with Crippen LogP contribution in [0, 0.1) is 6.92 Å². The van der Waals surface area contributed by atoms with Gasteiger partial charge < -0.3 is 14.4 Å². The fourth-order valence-electron chi connectivity index (χ4n) is 3.87. The second-order valence-corrected chi connectivity index (χ2v) is 7.35. The van der Waals surface area contributed by atoms with E-state index < -0.39 is 0 Å². The first kappa shape index (κ1) is 20.4. The molecule has 1 fully saturated rings. The van der Waals surface area contributed by atoms with Crippen LogP contribution in [0.5, 0.6) is 5.75 Å². The predicted molar refractivity (Wildman–Crippen MR) is 112 cm³/mol. The number of hydrogen-bond donors (Lipinski definition) is 0. The van der Waals surface area contributed by atoms with Gasteiger partial charge in [0.2, 0.25) is 0 Å². The Morgan fingerprint density at radius 3 is 2.39 bits per heavy atom. The Kier molecular flexibility index (Phi) is 7.06. The molecule has 0 spiro atoms. The largest absolute Gasteiger partial charge is 0.496 e. The molecule has 5 heteroatoms. The molecule has 2 aromatic rings. The lowest BCUT2D eigenvalue weighted by Crippen LogP contribution is -2.48. The van der Waals surface area contributed by atoms with E-state index in [4.69, 9.17) is 9.47 Å². The highest BCUT2D eigenvalue weighted by molar-refractivity contribution is 5.94. The Balaban J connectivity index is 1.68. The van der Waals surface area contributed by atoms with Crippen molar-refractivity contribution in [3.05, 3.63) is 59.7 Å². The molecule has 0 radical (unpaired) electrons. The van der Waals surface area contributed by atoms with Gasteiger partial charge in [-0.25, -0.2) is 0 Å². The van der Waals surface area contributed by atoms with E-state index in [1.165, 1.54) is 11.1 Å². The zero-order valence-electron chi connectivity index (χ0n) is 17.1. The number of methoxy groups -OCH3 is 2. The molecule has 150 valence electrons. The average Bonchev–Trinajstić information content (AvgIpc) is 2.71. The second kappa shape index (κ2) is 9.71. The van der Waals surface area contributed by atoms with Gasteiger partial charge in [0.1, 0.15) is 12.4 Å². The van der Waals surface area contributed by atoms with Gasteiger partial charge in [0, 0.05) is 44.0 Å². The molecule has 0 atom stereocenters. The lowest BCUT2D eigenvalue weighted by molar-refractivity contribution is -0.122. The van der Waals surface area contributed by atoms with Crippen molar-refractivity contribution in [3.63, 3.8) is 0 Å². The van der Waals surface area contributed by atoms with Crippen LogP contribution in [-0.2, 0) is 16.1 Å². The van der Waals surface area contributed by atoms with Gasteiger partial charge in [0.05, 0.1) is 7.11 Å². The third-order valence-electron chi connectivity index (χ3n) is 5.36. The first-order valence-corrected chi connectivity index (χ1v) is 9.84. The van der Waals surface area contributed by atoms with E-state index in [-0.39, 0.29) is 18.6 Å².